The predicted octanol–water partition coefficient (Wildman–Crippen LogP) is 4.45. The van der Waals surface area contributed by atoms with Crippen LogP contribution in [-0.2, 0) is 6.61 Å². The molecule has 0 fully saturated rings. The van der Waals surface area contributed by atoms with Crippen LogP contribution in [0.5, 0.6) is 11.5 Å². The number of benzene rings is 2. The van der Waals surface area contributed by atoms with Crippen molar-refractivity contribution in [2.24, 2.45) is 0 Å². The van der Waals surface area contributed by atoms with Gasteiger partial charge in [-0.15, -0.1) is 0 Å². The van der Waals surface area contributed by atoms with Gasteiger partial charge in [0.25, 0.3) is 0 Å². The standard InChI is InChI=1S/C15H11Cl2NO2/c1-19-14-7-2-4-10(8-18)15(14)20-9-11-12(16)5-3-6-13(11)17/h2-7H,9H2,1H3. The first kappa shape index (κ1) is 14.5. The number of hydrogen-bond donors (Lipinski definition) is 0. The van der Waals surface area contributed by atoms with Gasteiger partial charge in [-0.2, -0.15) is 5.26 Å². The van der Waals surface area contributed by atoms with E-state index in [-0.39, 0.29) is 6.61 Å². The molecule has 0 spiro atoms. The maximum atomic E-state index is 9.11. The first-order valence-electron chi connectivity index (χ1n) is 5.80. The van der Waals surface area contributed by atoms with Gasteiger partial charge in [-0.05, 0) is 24.3 Å². The van der Waals surface area contributed by atoms with Gasteiger partial charge in [-0.1, -0.05) is 35.3 Å². The van der Waals surface area contributed by atoms with E-state index in [4.69, 9.17) is 37.9 Å². The van der Waals surface area contributed by atoms with Crippen molar-refractivity contribution in [3.8, 4) is 17.6 Å². The molecule has 102 valence electrons. The lowest BCUT2D eigenvalue weighted by molar-refractivity contribution is 0.284. The van der Waals surface area contributed by atoms with Gasteiger partial charge in [0.2, 0.25) is 0 Å². The number of rotatable bonds is 4. The summed E-state index contributed by atoms with van der Waals surface area (Å²) < 4.78 is 10.9. The Morgan fingerprint density at radius 3 is 2.35 bits per heavy atom. The normalized spacial score (nSPS) is 9.90. The van der Waals surface area contributed by atoms with Gasteiger partial charge in [0, 0.05) is 15.6 Å². The van der Waals surface area contributed by atoms with Crippen LogP contribution in [-0.4, -0.2) is 7.11 Å². The Hall–Kier alpha value is -1.89. The second kappa shape index (κ2) is 6.51. The van der Waals surface area contributed by atoms with Crippen LogP contribution in [0.2, 0.25) is 10.0 Å². The lowest BCUT2D eigenvalue weighted by Gasteiger charge is -2.13. The summed E-state index contributed by atoms with van der Waals surface area (Å²) in [6.07, 6.45) is 0. The van der Waals surface area contributed by atoms with E-state index >= 15 is 0 Å². The molecule has 3 nitrogen and oxygen atoms in total. The smallest absolute Gasteiger partial charge is 0.179 e. The van der Waals surface area contributed by atoms with E-state index in [2.05, 4.69) is 6.07 Å². The van der Waals surface area contributed by atoms with Gasteiger partial charge in [0.15, 0.2) is 11.5 Å². The van der Waals surface area contributed by atoms with Gasteiger partial charge in [-0.25, -0.2) is 0 Å². The van der Waals surface area contributed by atoms with E-state index in [0.717, 1.165) is 0 Å². The highest BCUT2D eigenvalue weighted by Gasteiger charge is 2.12. The molecule has 20 heavy (non-hydrogen) atoms. The largest absolute Gasteiger partial charge is 0.493 e. The van der Waals surface area contributed by atoms with Gasteiger partial charge in [0.05, 0.1) is 12.7 Å². The lowest BCUT2D eigenvalue weighted by Crippen LogP contribution is -2.01. The Kier molecular flexibility index (Phi) is 4.73. The summed E-state index contributed by atoms with van der Waals surface area (Å²) in [4.78, 5) is 0. The average Bonchev–Trinajstić information content (AvgIpc) is 2.46. The maximum Gasteiger partial charge on any atom is 0.179 e. The summed E-state index contributed by atoms with van der Waals surface area (Å²) >= 11 is 12.2. The fraction of sp³-hybridized carbons (Fsp3) is 0.133. The summed E-state index contributed by atoms with van der Waals surface area (Å²) in [5, 5.41) is 10.1. The molecule has 0 N–H and O–H groups in total. The number of nitrogens with zero attached hydrogens (tertiary/aromatic N) is 1. The summed E-state index contributed by atoms with van der Waals surface area (Å²) in [6, 6.07) is 12.4. The molecule has 0 heterocycles. The zero-order valence-electron chi connectivity index (χ0n) is 10.7. The van der Waals surface area contributed by atoms with Crippen molar-refractivity contribution < 1.29 is 9.47 Å². The first-order chi connectivity index (χ1) is 9.67. The summed E-state index contributed by atoms with van der Waals surface area (Å²) in [6.45, 7) is 0.160. The van der Waals surface area contributed by atoms with E-state index in [1.165, 1.54) is 7.11 Å². The molecule has 0 amide bonds. The van der Waals surface area contributed by atoms with Crippen LogP contribution in [0.1, 0.15) is 11.1 Å². The third-order valence-corrected chi connectivity index (χ3v) is 3.45. The fourth-order valence-electron chi connectivity index (χ4n) is 1.73. The minimum Gasteiger partial charge on any atom is -0.493 e. The van der Waals surface area contributed by atoms with Crippen LogP contribution in [0, 0.1) is 11.3 Å². The van der Waals surface area contributed by atoms with Crippen molar-refractivity contribution in [2.45, 2.75) is 6.61 Å². The first-order valence-corrected chi connectivity index (χ1v) is 6.55. The number of hydrogen-bond acceptors (Lipinski definition) is 3. The Bertz CT molecular complexity index is 645. The predicted molar refractivity (Wildman–Crippen MR) is 78.5 cm³/mol. The highest BCUT2D eigenvalue weighted by molar-refractivity contribution is 6.35. The molecule has 0 aromatic heterocycles. The molecule has 0 radical (unpaired) electrons. The molecule has 5 heteroatoms. The van der Waals surface area contributed by atoms with Crippen LogP contribution in [0.15, 0.2) is 36.4 Å². The van der Waals surface area contributed by atoms with E-state index in [1.807, 2.05) is 0 Å². The Morgan fingerprint density at radius 1 is 1.10 bits per heavy atom. The van der Waals surface area contributed by atoms with Crippen molar-refractivity contribution in [1.29, 1.82) is 5.26 Å². The molecule has 2 aromatic rings. The van der Waals surface area contributed by atoms with E-state index < -0.39 is 0 Å². The molecule has 2 aromatic carbocycles. The minimum absolute atomic E-state index is 0.160. The number of halogens is 2. The average molecular weight is 308 g/mol. The quantitative estimate of drug-likeness (QED) is 0.838. The molecule has 0 aliphatic rings. The van der Waals surface area contributed by atoms with Gasteiger partial charge in [0.1, 0.15) is 12.7 Å². The number of ether oxygens (including phenoxy) is 2. The SMILES string of the molecule is COc1cccc(C#N)c1OCc1c(Cl)cccc1Cl. The number of methoxy groups -OCH3 is 1. The summed E-state index contributed by atoms with van der Waals surface area (Å²) in [5.74, 6) is 0.876. The number of para-hydroxylation sites is 1. The topological polar surface area (TPSA) is 42.2 Å². The van der Waals surface area contributed by atoms with Gasteiger partial charge >= 0.3 is 0 Å². The van der Waals surface area contributed by atoms with Crippen LogP contribution in [0.4, 0.5) is 0 Å². The van der Waals surface area contributed by atoms with Crippen LogP contribution < -0.4 is 9.47 Å². The molecule has 0 saturated carbocycles. The highest BCUT2D eigenvalue weighted by atomic mass is 35.5. The highest BCUT2D eigenvalue weighted by Crippen LogP contribution is 2.33. The molecular formula is C15H11Cl2NO2. The zero-order valence-corrected chi connectivity index (χ0v) is 12.2. The molecular weight excluding hydrogens is 297 g/mol. The number of nitriles is 1. The second-order valence-corrected chi connectivity index (χ2v) is 4.75. The maximum absolute atomic E-state index is 9.11. The molecule has 0 aliphatic heterocycles. The minimum atomic E-state index is 0.160. The van der Waals surface area contributed by atoms with Crippen molar-refractivity contribution in [3.63, 3.8) is 0 Å². The van der Waals surface area contributed by atoms with E-state index in [0.29, 0.717) is 32.7 Å². The Morgan fingerprint density at radius 2 is 1.75 bits per heavy atom. The van der Waals surface area contributed by atoms with Gasteiger partial charge in [-0.3, -0.25) is 0 Å². The van der Waals surface area contributed by atoms with Crippen molar-refractivity contribution in [2.75, 3.05) is 7.11 Å². The van der Waals surface area contributed by atoms with Crippen LogP contribution >= 0.6 is 23.2 Å². The molecule has 0 atom stereocenters. The molecule has 2 rings (SSSR count). The van der Waals surface area contributed by atoms with Crippen molar-refractivity contribution in [3.05, 3.63) is 57.6 Å². The second-order valence-electron chi connectivity index (χ2n) is 3.94. The van der Waals surface area contributed by atoms with E-state index in [1.54, 1.807) is 36.4 Å². The lowest BCUT2D eigenvalue weighted by atomic mass is 10.2. The van der Waals surface area contributed by atoms with Crippen molar-refractivity contribution >= 4 is 23.2 Å². The third-order valence-electron chi connectivity index (χ3n) is 2.74. The Balaban J connectivity index is 2.30. The zero-order chi connectivity index (χ0) is 14.5. The molecule has 0 aliphatic carbocycles. The third kappa shape index (κ3) is 2.98. The Labute approximate surface area is 127 Å². The molecule has 0 bridgehead atoms. The van der Waals surface area contributed by atoms with Gasteiger partial charge < -0.3 is 9.47 Å². The molecule has 0 saturated heterocycles. The van der Waals surface area contributed by atoms with Crippen LogP contribution in [0.3, 0.4) is 0 Å². The fourth-order valence-corrected chi connectivity index (χ4v) is 2.23. The van der Waals surface area contributed by atoms with Crippen LogP contribution in [0.25, 0.3) is 0 Å². The van der Waals surface area contributed by atoms with E-state index in [9.17, 15) is 0 Å². The summed E-state index contributed by atoms with van der Waals surface area (Å²) in [7, 11) is 1.52. The molecule has 0 unspecified atom stereocenters. The summed E-state index contributed by atoms with van der Waals surface area (Å²) in [5.41, 5.74) is 1.07. The monoisotopic (exact) mass is 307 g/mol. The van der Waals surface area contributed by atoms with Crippen molar-refractivity contribution in [1.82, 2.24) is 0 Å².